The predicted octanol–water partition coefficient (Wildman–Crippen LogP) is 9.29. The van der Waals surface area contributed by atoms with Crippen LogP contribution in [0.15, 0.2) is 0 Å². The van der Waals surface area contributed by atoms with Crippen LogP contribution in [0.4, 0.5) is 0 Å². The summed E-state index contributed by atoms with van der Waals surface area (Å²) < 4.78 is 32.3. The molecule has 240 valence electrons. The lowest BCUT2D eigenvalue weighted by atomic mass is 10.0. The summed E-state index contributed by atoms with van der Waals surface area (Å²) >= 11 is 0. The average molecular weight is 590 g/mol. The standard InChI is InChI=1S/C33H67NO5S/c1-3-5-7-9-11-13-15-17-19-21-23-25-27-29-33(36)34-31(30-40(37,38)39)32(35)28-26-24-22-20-18-16-14-12-10-8-6-4-2/h31-32,35H,3-30H2,1-2H3,(H,34,36)(H,37,38,39). The highest BCUT2D eigenvalue weighted by Crippen LogP contribution is 2.15. The first-order valence-corrected chi connectivity index (χ1v) is 18.8. The van der Waals surface area contributed by atoms with Crippen molar-refractivity contribution >= 4 is 16.0 Å². The molecular formula is C33H67NO5S. The van der Waals surface area contributed by atoms with Gasteiger partial charge in [0, 0.05) is 6.42 Å². The zero-order valence-electron chi connectivity index (χ0n) is 26.5. The number of carbonyl (C=O) groups is 1. The van der Waals surface area contributed by atoms with E-state index in [0.29, 0.717) is 12.8 Å². The fourth-order valence-corrected chi connectivity index (χ4v) is 6.21. The Morgan fingerprint density at radius 2 is 0.900 bits per heavy atom. The third-order valence-corrected chi connectivity index (χ3v) is 8.84. The van der Waals surface area contributed by atoms with Gasteiger partial charge in [0.1, 0.15) is 0 Å². The average Bonchev–Trinajstić information content (AvgIpc) is 2.90. The number of carbonyl (C=O) groups excluding carboxylic acids is 1. The van der Waals surface area contributed by atoms with Crippen LogP contribution in [0.5, 0.6) is 0 Å². The Kier molecular flexibility index (Phi) is 28.0. The largest absolute Gasteiger partial charge is 0.391 e. The van der Waals surface area contributed by atoms with Crippen LogP contribution in [-0.2, 0) is 14.9 Å². The summed E-state index contributed by atoms with van der Waals surface area (Å²) in [5.74, 6) is -0.887. The molecule has 1 amide bonds. The minimum Gasteiger partial charge on any atom is -0.391 e. The van der Waals surface area contributed by atoms with Gasteiger partial charge in [-0.25, -0.2) is 0 Å². The molecule has 0 saturated carbocycles. The first-order valence-electron chi connectivity index (χ1n) is 17.2. The lowest BCUT2D eigenvalue weighted by Gasteiger charge is -2.23. The maximum absolute atomic E-state index is 12.4. The van der Waals surface area contributed by atoms with E-state index in [1.54, 1.807) is 0 Å². The van der Waals surface area contributed by atoms with Crippen LogP contribution in [0.2, 0.25) is 0 Å². The van der Waals surface area contributed by atoms with Gasteiger partial charge in [0.25, 0.3) is 10.1 Å². The molecule has 2 unspecified atom stereocenters. The van der Waals surface area contributed by atoms with E-state index in [9.17, 15) is 22.9 Å². The van der Waals surface area contributed by atoms with Gasteiger partial charge >= 0.3 is 0 Å². The molecule has 0 aromatic heterocycles. The van der Waals surface area contributed by atoms with Crippen LogP contribution in [-0.4, -0.2) is 41.9 Å². The Bertz CT molecular complexity index is 655. The molecule has 0 radical (unpaired) electrons. The zero-order chi connectivity index (χ0) is 29.7. The quantitative estimate of drug-likeness (QED) is 0.0552. The fraction of sp³-hybridized carbons (Fsp3) is 0.970. The van der Waals surface area contributed by atoms with Gasteiger partial charge in [0.2, 0.25) is 5.91 Å². The first kappa shape index (κ1) is 39.3. The second kappa shape index (κ2) is 28.5. The molecule has 2 atom stereocenters. The highest BCUT2D eigenvalue weighted by atomic mass is 32.2. The third kappa shape index (κ3) is 28.9. The first-order chi connectivity index (χ1) is 19.3. The van der Waals surface area contributed by atoms with Gasteiger partial charge in [-0.3, -0.25) is 9.35 Å². The molecule has 0 heterocycles. The summed E-state index contributed by atoms with van der Waals surface area (Å²) in [5.41, 5.74) is 0. The second-order valence-electron chi connectivity index (χ2n) is 12.2. The van der Waals surface area contributed by atoms with Crippen molar-refractivity contribution in [2.75, 3.05) is 5.75 Å². The number of amides is 1. The van der Waals surface area contributed by atoms with Crippen molar-refractivity contribution in [3.63, 3.8) is 0 Å². The molecule has 6 nitrogen and oxygen atoms in total. The number of hydrogen-bond acceptors (Lipinski definition) is 4. The number of aliphatic hydroxyl groups excluding tert-OH is 1. The van der Waals surface area contributed by atoms with Crippen LogP contribution < -0.4 is 5.32 Å². The normalized spacial score (nSPS) is 13.4. The molecule has 0 spiro atoms. The third-order valence-electron chi connectivity index (χ3n) is 8.06. The molecule has 0 aliphatic heterocycles. The van der Waals surface area contributed by atoms with Crippen LogP contribution in [0.1, 0.15) is 187 Å². The van der Waals surface area contributed by atoms with E-state index in [1.807, 2.05) is 0 Å². The molecule has 7 heteroatoms. The zero-order valence-corrected chi connectivity index (χ0v) is 27.3. The maximum Gasteiger partial charge on any atom is 0.266 e. The summed E-state index contributed by atoms with van der Waals surface area (Å²) in [7, 11) is -4.29. The Morgan fingerprint density at radius 3 is 1.25 bits per heavy atom. The molecule has 3 N–H and O–H groups in total. The van der Waals surface area contributed by atoms with Crippen molar-refractivity contribution in [1.82, 2.24) is 5.32 Å². The topological polar surface area (TPSA) is 104 Å². The smallest absolute Gasteiger partial charge is 0.266 e. The number of unbranched alkanes of at least 4 members (excludes halogenated alkanes) is 23. The van der Waals surface area contributed by atoms with Crippen LogP contribution in [0.3, 0.4) is 0 Å². The van der Waals surface area contributed by atoms with Gasteiger partial charge in [-0.15, -0.1) is 0 Å². The molecule has 0 aliphatic carbocycles. The number of nitrogens with one attached hydrogen (secondary N) is 1. The highest BCUT2D eigenvalue weighted by molar-refractivity contribution is 7.85. The predicted molar refractivity (Wildman–Crippen MR) is 170 cm³/mol. The highest BCUT2D eigenvalue weighted by Gasteiger charge is 2.26. The molecule has 40 heavy (non-hydrogen) atoms. The summed E-state index contributed by atoms with van der Waals surface area (Å²) in [5, 5.41) is 13.3. The maximum atomic E-state index is 12.4. The molecular weight excluding hydrogens is 522 g/mol. The van der Waals surface area contributed by atoms with Gasteiger partial charge < -0.3 is 10.4 Å². The van der Waals surface area contributed by atoms with E-state index < -0.39 is 28.0 Å². The van der Waals surface area contributed by atoms with Gasteiger partial charge in [0.15, 0.2) is 0 Å². The van der Waals surface area contributed by atoms with E-state index in [-0.39, 0.29) is 5.91 Å². The van der Waals surface area contributed by atoms with Crippen molar-refractivity contribution in [1.29, 1.82) is 0 Å². The van der Waals surface area contributed by atoms with E-state index in [4.69, 9.17) is 0 Å². The minimum absolute atomic E-state index is 0.245. The minimum atomic E-state index is -4.29. The van der Waals surface area contributed by atoms with Crippen LogP contribution in [0.25, 0.3) is 0 Å². The van der Waals surface area contributed by atoms with Crippen molar-refractivity contribution in [2.45, 2.75) is 199 Å². The summed E-state index contributed by atoms with van der Waals surface area (Å²) in [6, 6.07) is -0.961. The van der Waals surface area contributed by atoms with Crippen molar-refractivity contribution < 1.29 is 22.9 Å². The fourth-order valence-electron chi connectivity index (χ4n) is 5.45. The van der Waals surface area contributed by atoms with Crippen molar-refractivity contribution in [3.8, 4) is 0 Å². The molecule has 0 rings (SSSR count). The van der Waals surface area contributed by atoms with Crippen LogP contribution >= 0.6 is 0 Å². The second-order valence-corrected chi connectivity index (χ2v) is 13.7. The van der Waals surface area contributed by atoms with Crippen LogP contribution in [0, 0.1) is 0 Å². The summed E-state index contributed by atoms with van der Waals surface area (Å²) in [6.07, 6.45) is 30.4. The Balaban J connectivity index is 3.93. The van der Waals surface area contributed by atoms with Gasteiger partial charge in [-0.2, -0.15) is 8.42 Å². The van der Waals surface area contributed by atoms with E-state index in [1.165, 1.54) is 122 Å². The monoisotopic (exact) mass is 589 g/mol. The summed E-state index contributed by atoms with van der Waals surface area (Å²) in [6.45, 7) is 4.49. The molecule has 0 bridgehead atoms. The lowest BCUT2D eigenvalue weighted by Crippen LogP contribution is -2.47. The Morgan fingerprint density at radius 1 is 0.575 bits per heavy atom. The van der Waals surface area contributed by atoms with Gasteiger partial charge in [-0.1, -0.05) is 168 Å². The number of rotatable bonds is 31. The van der Waals surface area contributed by atoms with E-state index in [0.717, 1.165) is 38.5 Å². The number of hydrogen-bond donors (Lipinski definition) is 3. The molecule has 0 saturated heterocycles. The Hall–Kier alpha value is -0.660. The van der Waals surface area contributed by atoms with Crippen molar-refractivity contribution in [2.24, 2.45) is 0 Å². The van der Waals surface area contributed by atoms with E-state index >= 15 is 0 Å². The molecule has 0 aliphatic rings. The lowest BCUT2D eigenvalue weighted by molar-refractivity contribution is -0.122. The Labute approximate surface area is 249 Å². The van der Waals surface area contributed by atoms with Crippen molar-refractivity contribution in [3.05, 3.63) is 0 Å². The summed E-state index contributed by atoms with van der Waals surface area (Å²) in [4.78, 5) is 12.4. The molecule has 0 fully saturated rings. The van der Waals surface area contributed by atoms with Gasteiger partial charge in [0.05, 0.1) is 17.9 Å². The molecule has 0 aromatic rings. The van der Waals surface area contributed by atoms with E-state index in [2.05, 4.69) is 19.2 Å². The number of aliphatic hydroxyl groups is 1. The SMILES string of the molecule is CCCCCCCCCCCCCCCC(=O)NC(CS(=O)(=O)O)C(O)CCCCCCCCCCCCCC. The molecule has 0 aromatic carbocycles. The van der Waals surface area contributed by atoms with Gasteiger partial charge in [-0.05, 0) is 12.8 Å².